The molecule has 1 aliphatic rings. The van der Waals surface area contributed by atoms with Gasteiger partial charge in [-0.1, -0.05) is 68.4 Å². The summed E-state index contributed by atoms with van der Waals surface area (Å²) in [5.74, 6) is 0.780. The van der Waals surface area contributed by atoms with Crippen LogP contribution in [0.4, 0.5) is 4.39 Å². The van der Waals surface area contributed by atoms with Crippen LogP contribution in [-0.2, 0) is 0 Å². The normalized spacial score (nSPS) is 21.6. The maximum Gasteiger partial charge on any atom is 0.118 e. The molecule has 2 atom stereocenters. The van der Waals surface area contributed by atoms with E-state index in [4.69, 9.17) is 0 Å². The van der Waals surface area contributed by atoms with Crippen molar-refractivity contribution in [1.29, 1.82) is 0 Å². The summed E-state index contributed by atoms with van der Waals surface area (Å²) >= 11 is 0. The lowest BCUT2D eigenvalue weighted by Gasteiger charge is -2.40. The summed E-state index contributed by atoms with van der Waals surface area (Å²) in [6, 6.07) is 0. The average molecular weight is 471 g/mol. The fourth-order valence-corrected chi connectivity index (χ4v) is 4.82. The van der Waals surface area contributed by atoms with Crippen LogP contribution in [0.2, 0.25) is 0 Å². The molecule has 192 valence electrons. The second-order valence-electron chi connectivity index (χ2n) is 10.8. The number of halogens is 1. The molecule has 34 heavy (non-hydrogen) atoms. The van der Waals surface area contributed by atoms with Gasteiger partial charge in [-0.25, -0.2) is 4.39 Å². The first-order valence-corrected chi connectivity index (χ1v) is 13.1. The molecular weight excluding hydrogens is 419 g/mol. The van der Waals surface area contributed by atoms with Gasteiger partial charge in [0.1, 0.15) is 5.83 Å². The van der Waals surface area contributed by atoms with Crippen molar-refractivity contribution >= 4 is 0 Å². The molecule has 0 aromatic heterocycles. The maximum absolute atomic E-state index is 13.8. The van der Waals surface area contributed by atoms with Gasteiger partial charge in [-0.05, 0) is 114 Å². The van der Waals surface area contributed by atoms with E-state index in [0.717, 1.165) is 45.2 Å². The lowest BCUT2D eigenvalue weighted by Crippen LogP contribution is -2.30. The average Bonchev–Trinajstić information content (AvgIpc) is 2.80. The Morgan fingerprint density at radius 3 is 2.47 bits per heavy atom. The van der Waals surface area contributed by atoms with Crippen LogP contribution in [0.15, 0.2) is 70.7 Å². The Morgan fingerprint density at radius 2 is 1.88 bits per heavy atom. The first-order valence-electron chi connectivity index (χ1n) is 13.1. The van der Waals surface area contributed by atoms with E-state index in [-0.39, 0.29) is 11.2 Å². The van der Waals surface area contributed by atoms with Gasteiger partial charge in [0.2, 0.25) is 0 Å². The van der Waals surface area contributed by atoms with Gasteiger partial charge >= 0.3 is 0 Å². The van der Waals surface area contributed by atoms with Gasteiger partial charge in [0, 0.05) is 6.54 Å². The second kappa shape index (κ2) is 15.3. The summed E-state index contributed by atoms with van der Waals surface area (Å²) in [4.78, 5) is 0. The van der Waals surface area contributed by atoms with E-state index in [0.29, 0.717) is 11.8 Å². The molecule has 0 fully saturated rings. The second-order valence-corrected chi connectivity index (χ2v) is 10.8. The quantitative estimate of drug-likeness (QED) is 0.197. The first-order chi connectivity index (χ1) is 16.1. The number of rotatable bonds is 14. The highest BCUT2D eigenvalue weighted by molar-refractivity contribution is 5.33. The van der Waals surface area contributed by atoms with Crippen LogP contribution >= 0.6 is 0 Å². The van der Waals surface area contributed by atoms with E-state index in [1.807, 2.05) is 20.2 Å². The predicted molar refractivity (Wildman–Crippen MR) is 150 cm³/mol. The van der Waals surface area contributed by atoms with Gasteiger partial charge in [-0.3, -0.25) is 0 Å². The molecule has 0 saturated carbocycles. The number of allylic oxidation sites excluding steroid dienone is 10. The molecule has 0 saturated heterocycles. The Kier molecular flexibility index (Phi) is 13.7. The molecule has 0 aromatic carbocycles. The van der Waals surface area contributed by atoms with Crippen LogP contribution in [0, 0.1) is 17.3 Å². The van der Waals surface area contributed by atoms with Crippen LogP contribution in [0.25, 0.3) is 0 Å². The zero-order valence-electron chi connectivity index (χ0n) is 23.3. The van der Waals surface area contributed by atoms with Crippen molar-refractivity contribution in [2.24, 2.45) is 17.3 Å². The third-order valence-corrected chi connectivity index (χ3v) is 7.22. The van der Waals surface area contributed by atoms with Crippen molar-refractivity contribution in [1.82, 2.24) is 10.6 Å². The van der Waals surface area contributed by atoms with Crippen molar-refractivity contribution in [3.63, 3.8) is 0 Å². The number of likely N-dealkylation sites (N-methyl/N-ethyl adjacent to an activating group) is 1. The van der Waals surface area contributed by atoms with Gasteiger partial charge in [0.15, 0.2) is 0 Å². The van der Waals surface area contributed by atoms with E-state index >= 15 is 0 Å². The topological polar surface area (TPSA) is 24.1 Å². The summed E-state index contributed by atoms with van der Waals surface area (Å²) in [5.41, 5.74) is 7.00. The molecule has 3 heteroatoms. The van der Waals surface area contributed by atoms with Gasteiger partial charge in [0.25, 0.3) is 0 Å². The third kappa shape index (κ3) is 10.3. The van der Waals surface area contributed by atoms with E-state index in [9.17, 15) is 4.39 Å². The van der Waals surface area contributed by atoms with Crippen molar-refractivity contribution < 1.29 is 4.39 Å². The molecule has 0 heterocycles. The number of hydrogen-bond donors (Lipinski definition) is 2. The first kappa shape index (κ1) is 30.3. The van der Waals surface area contributed by atoms with Gasteiger partial charge in [-0.2, -0.15) is 0 Å². The van der Waals surface area contributed by atoms with Crippen LogP contribution < -0.4 is 10.6 Å². The van der Waals surface area contributed by atoms with Crippen LogP contribution in [-0.4, -0.2) is 27.2 Å². The molecule has 0 amide bonds. The molecule has 1 rings (SSSR count). The molecule has 0 aliphatic heterocycles. The summed E-state index contributed by atoms with van der Waals surface area (Å²) in [6.07, 6.45) is 16.2. The fourth-order valence-electron chi connectivity index (χ4n) is 4.82. The summed E-state index contributed by atoms with van der Waals surface area (Å²) in [7, 11) is 4.03. The predicted octanol–water partition coefficient (Wildman–Crippen LogP) is 8.23. The Hall–Kier alpha value is -1.71. The standard InChI is InChI=1S/C31H51FN2/c1-10-30(32)14-13-29-21-31(17-18-33-8,16-15-25(29)5)20-26(6)24(4)11-12-28(19-23(2)3)27(7)22-34-9/h10-14,23-24,33-34H,6,15-22H2,1-5,7-9H3/b12-11-,14-13-,28-27-,30-10+. The SMILES string of the molecule is C=C(CC1(CCNC)CCC(C)=C(/C=C\C(F)=C/C)C1)C(C)/C=C\C(CC(C)C)=C(/C)CNC. The van der Waals surface area contributed by atoms with Crippen molar-refractivity contribution in [2.45, 2.75) is 80.1 Å². The molecule has 2 N–H and O–H groups in total. The molecule has 0 aromatic rings. The lowest BCUT2D eigenvalue weighted by atomic mass is 9.65. The minimum absolute atomic E-state index is 0.173. The molecule has 2 unspecified atom stereocenters. The highest BCUT2D eigenvalue weighted by atomic mass is 19.1. The number of hydrogen-bond acceptors (Lipinski definition) is 2. The van der Waals surface area contributed by atoms with Gasteiger partial charge in [-0.15, -0.1) is 0 Å². The van der Waals surface area contributed by atoms with Crippen molar-refractivity contribution in [3.05, 3.63) is 70.7 Å². The number of nitrogens with one attached hydrogen (secondary N) is 2. The lowest BCUT2D eigenvalue weighted by molar-refractivity contribution is 0.219. The van der Waals surface area contributed by atoms with Crippen molar-refractivity contribution in [3.8, 4) is 0 Å². The zero-order valence-corrected chi connectivity index (χ0v) is 23.3. The summed E-state index contributed by atoms with van der Waals surface area (Å²) in [6.45, 7) is 19.5. The molecular formula is C31H51FN2. The minimum atomic E-state index is -0.173. The van der Waals surface area contributed by atoms with Gasteiger partial charge in [0.05, 0.1) is 0 Å². The van der Waals surface area contributed by atoms with Crippen LogP contribution in [0.3, 0.4) is 0 Å². The molecule has 0 radical (unpaired) electrons. The smallest absolute Gasteiger partial charge is 0.118 e. The molecule has 2 nitrogen and oxygen atoms in total. The Morgan fingerprint density at radius 1 is 1.18 bits per heavy atom. The summed E-state index contributed by atoms with van der Waals surface area (Å²) < 4.78 is 13.8. The Bertz CT molecular complexity index is 809. The summed E-state index contributed by atoms with van der Waals surface area (Å²) in [5, 5.41) is 6.64. The highest BCUT2D eigenvalue weighted by Crippen LogP contribution is 2.47. The maximum atomic E-state index is 13.8. The van der Waals surface area contributed by atoms with Crippen LogP contribution in [0.1, 0.15) is 80.1 Å². The Balaban J connectivity index is 3.07. The molecule has 1 aliphatic carbocycles. The van der Waals surface area contributed by atoms with Gasteiger partial charge < -0.3 is 10.6 Å². The largest absolute Gasteiger partial charge is 0.320 e. The van der Waals surface area contributed by atoms with Crippen molar-refractivity contribution in [2.75, 3.05) is 27.2 Å². The highest BCUT2D eigenvalue weighted by Gasteiger charge is 2.34. The minimum Gasteiger partial charge on any atom is -0.320 e. The van der Waals surface area contributed by atoms with E-state index in [2.05, 4.69) is 64.0 Å². The van der Waals surface area contributed by atoms with E-state index < -0.39 is 0 Å². The molecule has 0 bridgehead atoms. The fraction of sp³-hybridized carbons (Fsp3) is 0.613. The third-order valence-electron chi connectivity index (χ3n) is 7.22. The van der Waals surface area contributed by atoms with Crippen LogP contribution in [0.5, 0.6) is 0 Å². The van der Waals surface area contributed by atoms with E-state index in [1.54, 1.807) is 13.0 Å². The van der Waals surface area contributed by atoms with E-state index in [1.165, 1.54) is 40.4 Å². The zero-order chi connectivity index (χ0) is 25.7. The Labute approximate surface area is 210 Å². The molecule has 0 spiro atoms. The monoisotopic (exact) mass is 470 g/mol.